The zero-order valence-electron chi connectivity index (χ0n) is 22.1. The lowest BCUT2D eigenvalue weighted by Gasteiger charge is -2.18. The van der Waals surface area contributed by atoms with E-state index in [0.717, 1.165) is 37.7 Å². The Bertz CT molecular complexity index is 1190. The third kappa shape index (κ3) is 8.26. The zero-order chi connectivity index (χ0) is 26.7. The Labute approximate surface area is 216 Å². The first kappa shape index (κ1) is 29.2. The molecule has 0 saturated heterocycles. The number of allylic oxidation sites excluding steroid dienone is 4. The number of sulfonamides is 1. The number of carbonyl (C=O) groups excluding carboxylic acids is 1. The van der Waals surface area contributed by atoms with Crippen molar-refractivity contribution in [1.29, 1.82) is 0 Å². The van der Waals surface area contributed by atoms with Gasteiger partial charge in [0.05, 0.1) is 17.6 Å². The van der Waals surface area contributed by atoms with Crippen molar-refractivity contribution in [2.24, 2.45) is 0 Å². The number of hydrogen-bond acceptors (Lipinski definition) is 5. The molecule has 1 amide bonds. The van der Waals surface area contributed by atoms with Gasteiger partial charge in [-0.25, -0.2) is 13.1 Å². The average molecular weight is 514 g/mol. The van der Waals surface area contributed by atoms with Gasteiger partial charge in [0, 0.05) is 5.56 Å². The molecule has 0 aromatic heterocycles. The summed E-state index contributed by atoms with van der Waals surface area (Å²) < 4.78 is 33.3. The average Bonchev–Trinajstić information content (AvgIpc) is 2.83. The number of aryl methyl sites for hydroxylation is 1. The second-order valence-corrected chi connectivity index (χ2v) is 10.9. The van der Waals surface area contributed by atoms with Crippen molar-refractivity contribution in [3.05, 3.63) is 76.4 Å². The summed E-state index contributed by atoms with van der Waals surface area (Å²) in [5.74, 6) is -0.610. The third-order valence-corrected chi connectivity index (χ3v) is 7.32. The molecule has 2 rings (SSSR count). The van der Waals surface area contributed by atoms with E-state index >= 15 is 0 Å². The number of aromatic hydroxyl groups is 1. The van der Waals surface area contributed by atoms with E-state index in [-0.39, 0.29) is 16.2 Å². The lowest BCUT2D eigenvalue weighted by Crippen LogP contribution is -2.31. The number of phenols is 1. The van der Waals surface area contributed by atoms with Crippen LogP contribution in [0.4, 0.5) is 0 Å². The van der Waals surface area contributed by atoms with Crippen molar-refractivity contribution < 1.29 is 23.1 Å². The highest BCUT2D eigenvalue weighted by Gasteiger charge is 2.26. The number of unbranched alkanes of at least 4 members (excludes halogenated alkanes) is 2. The maximum atomic E-state index is 13.3. The summed E-state index contributed by atoms with van der Waals surface area (Å²) in [4.78, 5) is 13.3. The monoisotopic (exact) mass is 513 g/mol. The molecule has 36 heavy (non-hydrogen) atoms. The molecule has 0 spiro atoms. The predicted molar refractivity (Wildman–Crippen MR) is 145 cm³/mol. The van der Waals surface area contributed by atoms with Crippen LogP contribution in [0.25, 0.3) is 0 Å². The summed E-state index contributed by atoms with van der Waals surface area (Å²) in [7, 11) is -2.57. The van der Waals surface area contributed by atoms with Gasteiger partial charge in [-0.3, -0.25) is 4.79 Å². The number of amides is 1. The summed E-state index contributed by atoms with van der Waals surface area (Å²) in [5.41, 5.74) is 3.42. The lowest BCUT2D eigenvalue weighted by atomic mass is 9.94. The molecule has 0 unspecified atom stereocenters. The highest BCUT2D eigenvalue weighted by atomic mass is 32.2. The maximum Gasteiger partial charge on any atom is 0.269 e. The molecule has 6 nitrogen and oxygen atoms in total. The zero-order valence-corrected chi connectivity index (χ0v) is 22.9. The van der Waals surface area contributed by atoms with Gasteiger partial charge in [-0.15, -0.1) is 0 Å². The smallest absolute Gasteiger partial charge is 0.269 e. The summed E-state index contributed by atoms with van der Waals surface area (Å²) in [6, 6.07) is 9.46. The van der Waals surface area contributed by atoms with E-state index in [1.807, 2.05) is 13.0 Å². The van der Waals surface area contributed by atoms with Gasteiger partial charge in [-0.2, -0.15) is 0 Å². The second kappa shape index (κ2) is 13.9. The first-order valence-corrected chi connectivity index (χ1v) is 13.9. The number of phenolic OH excluding ortho intramolecular Hbond substituents is 1. The number of nitrogens with one attached hydrogen (secondary N) is 1. The fourth-order valence-corrected chi connectivity index (χ4v) is 4.91. The van der Waals surface area contributed by atoms with Gasteiger partial charge in [-0.05, 0) is 76.6 Å². The van der Waals surface area contributed by atoms with Crippen LogP contribution in [0.2, 0.25) is 0 Å². The summed E-state index contributed by atoms with van der Waals surface area (Å²) >= 11 is 0. The minimum Gasteiger partial charge on any atom is -0.507 e. The first-order valence-electron chi connectivity index (χ1n) is 12.4. The predicted octanol–water partition coefficient (Wildman–Crippen LogP) is 6.49. The van der Waals surface area contributed by atoms with Gasteiger partial charge in [0.25, 0.3) is 15.9 Å². The maximum absolute atomic E-state index is 13.3. The van der Waals surface area contributed by atoms with Crippen molar-refractivity contribution in [3.8, 4) is 11.5 Å². The molecular formula is C29H39NO5S. The van der Waals surface area contributed by atoms with Crippen LogP contribution in [0, 0.1) is 0 Å². The van der Waals surface area contributed by atoms with Crippen molar-refractivity contribution in [1.82, 2.24) is 4.72 Å². The molecule has 0 aliphatic heterocycles. The van der Waals surface area contributed by atoms with E-state index in [2.05, 4.69) is 31.6 Å². The molecule has 196 valence electrons. The van der Waals surface area contributed by atoms with Crippen molar-refractivity contribution in [3.63, 3.8) is 0 Å². The fourth-order valence-electron chi connectivity index (χ4n) is 3.93. The second-order valence-electron chi connectivity index (χ2n) is 9.22. The molecule has 7 heteroatoms. The summed E-state index contributed by atoms with van der Waals surface area (Å²) in [5, 5.41) is 11.3. The number of ether oxygens (including phenoxy) is 1. The molecule has 0 fully saturated rings. The normalized spacial score (nSPS) is 11.8. The van der Waals surface area contributed by atoms with E-state index in [9.17, 15) is 18.3 Å². The van der Waals surface area contributed by atoms with Gasteiger partial charge in [0.15, 0.2) is 0 Å². The number of rotatable bonds is 13. The Morgan fingerprint density at radius 3 is 2.39 bits per heavy atom. The van der Waals surface area contributed by atoms with E-state index in [0.29, 0.717) is 29.7 Å². The fraction of sp³-hybridized carbons (Fsp3) is 0.414. The van der Waals surface area contributed by atoms with Gasteiger partial charge in [0.2, 0.25) is 0 Å². The topological polar surface area (TPSA) is 92.7 Å². The third-order valence-electron chi connectivity index (χ3n) is 5.97. The summed E-state index contributed by atoms with van der Waals surface area (Å²) in [6.07, 6.45) is 9.60. The first-order chi connectivity index (χ1) is 17.1. The minimum absolute atomic E-state index is 0.0167. The van der Waals surface area contributed by atoms with E-state index in [4.69, 9.17) is 4.74 Å². The molecule has 0 atom stereocenters. The van der Waals surface area contributed by atoms with Crippen LogP contribution in [-0.2, 0) is 22.9 Å². The Hall–Kier alpha value is -3.06. The molecule has 0 heterocycles. The molecule has 0 saturated carbocycles. The van der Waals surface area contributed by atoms with E-state index < -0.39 is 15.9 Å². The van der Waals surface area contributed by atoms with Crippen LogP contribution < -0.4 is 9.46 Å². The Kier molecular flexibility index (Phi) is 11.2. The number of benzene rings is 2. The van der Waals surface area contributed by atoms with Crippen molar-refractivity contribution in [2.45, 2.75) is 77.5 Å². The molecule has 2 aromatic carbocycles. The Morgan fingerprint density at radius 2 is 1.78 bits per heavy atom. The molecule has 2 N–H and O–H groups in total. The summed E-state index contributed by atoms with van der Waals surface area (Å²) in [6.45, 7) is 8.23. The molecule has 0 radical (unpaired) electrons. The van der Waals surface area contributed by atoms with Crippen LogP contribution in [0.5, 0.6) is 11.5 Å². The van der Waals surface area contributed by atoms with Crippen LogP contribution in [0.15, 0.2) is 64.6 Å². The quantitative estimate of drug-likeness (QED) is 0.236. The van der Waals surface area contributed by atoms with Crippen LogP contribution in [0.3, 0.4) is 0 Å². The molecule has 0 aliphatic rings. The van der Waals surface area contributed by atoms with Gasteiger partial charge in [0.1, 0.15) is 11.5 Å². The number of methoxy groups -OCH3 is 1. The molecule has 0 aliphatic carbocycles. The Balaban J connectivity index is 2.46. The van der Waals surface area contributed by atoms with Gasteiger partial charge < -0.3 is 9.84 Å². The minimum atomic E-state index is -4.10. The SMILES string of the molecule is CCCCCc1cc(OC)c(C/C=C(\C)CCC=C(C)C)c(O)c1C(=O)NS(=O)(=O)c1ccccc1. The number of carbonyl (C=O) groups is 1. The van der Waals surface area contributed by atoms with Crippen LogP contribution in [-0.4, -0.2) is 26.5 Å². The highest BCUT2D eigenvalue weighted by molar-refractivity contribution is 7.90. The van der Waals surface area contributed by atoms with Gasteiger partial charge in [-0.1, -0.05) is 61.3 Å². The molecule has 2 aromatic rings. The lowest BCUT2D eigenvalue weighted by molar-refractivity contribution is 0.0977. The van der Waals surface area contributed by atoms with Crippen molar-refractivity contribution >= 4 is 15.9 Å². The van der Waals surface area contributed by atoms with Gasteiger partial charge >= 0.3 is 0 Å². The molecular weight excluding hydrogens is 474 g/mol. The molecule has 0 bridgehead atoms. The van der Waals surface area contributed by atoms with E-state index in [1.54, 1.807) is 24.3 Å². The standard InChI is InChI=1S/C29H39NO5S/c1-6-7-9-15-23-20-26(35-5)25(19-18-22(4)14-12-13-21(2)3)28(31)27(23)29(32)30-36(33,34)24-16-10-8-11-17-24/h8,10-11,13,16-18,20,31H,6-7,9,12,14-15,19H2,1-5H3,(H,30,32)/b22-18+. The van der Waals surface area contributed by atoms with Crippen LogP contribution >= 0.6 is 0 Å². The highest BCUT2D eigenvalue weighted by Crippen LogP contribution is 2.36. The van der Waals surface area contributed by atoms with Crippen molar-refractivity contribution in [2.75, 3.05) is 7.11 Å². The van der Waals surface area contributed by atoms with E-state index in [1.165, 1.54) is 24.8 Å². The largest absolute Gasteiger partial charge is 0.507 e. The Morgan fingerprint density at radius 1 is 1.08 bits per heavy atom. The van der Waals surface area contributed by atoms with Crippen LogP contribution in [0.1, 0.15) is 81.3 Å². The number of hydrogen-bond donors (Lipinski definition) is 2.